The summed E-state index contributed by atoms with van der Waals surface area (Å²) < 4.78 is 15.2. The molecule has 0 heterocycles. The highest BCUT2D eigenvalue weighted by Gasteiger charge is 2.87. The predicted molar refractivity (Wildman–Crippen MR) is 257 cm³/mol. The fourth-order valence-corrected chi connectivity index (χ4v) is 28.5. The topological polar surface area (TPSA) is 78.9 Å². The van der Waals surface area contributed by atoms with E-state index in [4.69, 9.17) is 14.2 Å². The second-order valence-electron chi connectivity index (χ2n) is 21.6. The molecule has 0 spiro atoms. The van der Waals surface area contributed by atoms with Crippen molar-refractivity contribution in [3.05, 3.63) is 89.7 Å². The SMILES string of the molecule is CCS[C@@]12C3=C4C5CC=C3C3CCC6C(=C31)[C@]1(SCC)C3=C7C(CCC36)C3CCC6C8=C3[C@]7(SCC(=O)OC)[C@@H]3C7=C(C2=C31)[C@]4(SCC(=O)OC)C1=C(C6CCC15)[C@@]87SCC(=O)OC. The van der Waals surface area contributed by atoms with E-state index in [-0.39, 0.29) is 38.1 Å². The Morgan fingerprint density at radius 2 is 0.891 bits per heavy atom. The Morgan fingerprint density at radius 3 is 1.45 bits per heavy atom. The van der Waals surface area contributed by atoms with Gasteiger partial charge in [-0.2, -0.15) is 0 Å². The number of hydrogen-bond acceptors (Lipinski definition) is 11. The van der Waals surface area contributed by atoms with Gasteiger partial charge in [0.1, 0.15) is 0 Å². The molecule has 5 fully saturated rings. The van der Waals surface area contributed by atoms with Gasteiger partial charge in [0.25, 0.3) is 0 Å². The molecule has 0 radical (unpaired) electrons. The summed E-state index contributed by atoms with van der Waals surface area (Å²) in [7, 11) is 4.72. The van der Waals surface area contributed by atoms with Gasteiger partial charge in [0.05, 0.1) is 62.3 Å². The number of hydrogen-bond donors (Lipinski definition) is 0. The van der Waals surface area contributed by atoms with E-state index in [1.54, 1.807) is 88.2 Å². The molecule has 11 heteroatoms. The molecule has 332 valence electrons. The van der Waals surface area contributed by atoms with Crippen LogP contribution in [0.3, 0.4) is 0 Å². The fourth-order valence-electron chi connectivity index (χ4n) is 20.3. The number of carbonyl (C=O) groups is 3. The Kier molecular flexibility index (Phi) is 7.36. The van der Waals surface area contributed by atoms with Crippen LogP contribution in [-0.4, -0.2) is 91.7 Å². The maximum absolute atomic E-state index is 13.9. The van der Waals surface area contributed by atoms with Crippen LogP contribution in [0.4, 0.5) is 0 Å². The largest absolute Gasteiger partial charge is 0.468 e. The quantitative estimate of drug-likeness (QED) is 0.101. The highest BCUT2D eigenvalue weighted by atomic mass is 32.2. The molecule has 64 heavy (non-hydrogen) atoms. The molecule has 16 rings (SSSR count). The smallest absolute Gasteiger partial charge is 0.315 e. The van der Waals surface area contributed by atoms with Gasteiger partial charge in [-0.1, -0.05) is 19.9 Å². The van der Waals surface area contributed by atoms with Gasteiger partial charge in [0, 0.05) is 11.8 Å². The third-order valence-corrected chi connectivity index (χ3v) is 27.9. The first kappa shape index (κ1) is 39.0. The minimum atomic E-state index is -0.451. The summed E-state index contributed by atoms with van der Waals surface area (Å²) in [6.45, 7) is 4.86. The first-order valence-electron chi connectivity index (χ1n) is 24.6. The summed E-state index contributed by atoms with van der Waals surface area (Å²) in [5, 5.41) is 0. The maximum Gasteiger partial charge on any atom is 0.315 e. The Balaban J connectivity index is 1.18. The van der Waals surface area contributed by atoms with E-state index in [1.807, 2.05) is 52.0 Å². The van der Waals surface area contributed by atoms with Crippen molar-refractivity contribution in [2.45, 2.75) is 95.4 Å². The van der Waals surface area contributed by atoms with Gasteiger partial charge in [0.15, 0.2) is 0 Å². The van der Waals surface area contributed by atoms with Crippen LogP contribution in [0.5, 0.6) is 0 Å². The van der Waals surface area contributed by atoms with Crippen LogP contribution in [0.1, 0.15) is 71.6 Å². The predicted octanol–water partition coefficient (Wildman–Crippen LogP) is 9.80. The molecular formula is C53H54O6S5. The van der Waals surface area contributed by atoms with Gasteiger partial charge in [-0.15, -0.1) is 58.8 Å². The van der Waals surface area contributed by atoms with Crippen molar-refractivity contribution in [2.75, 3.05) is 50.1 Å². The van der Waals surface area contributed by atoms with Crippen molar-refractivity contribution < 1.29 is 28.6 Å². The Bertz CT molecular complexity index is 2770. The summed E-state index contributed by atoms with van der Waals surface area (Å²) in [5.74, 6) is 6.89. The second kappa shape index (κ2) is 12.1. The molecule has 16 aliphatic carbocycles. The summed E-state index contributed by atoms with van der Waals surface area (Å²) in [4.78, 5) is 41.8. The molecular weight excluding hydrogens is 893 g/mol. The number of allylic oxidation sites excluding steroid dienone is 2. The lowest BCUT2D eigenvalue weighted by molar-refractivity contribution is -0.138. The van der Waals surface area contributed by atoms with E-state index in [0.717, 1.165) is 17.9 Å². The lowest BCUT2D eigenvalue weighted by atomic mass is 9.54. The van der Waals surface area contributed by atoms with Crippen LogP contribution < -0.4 is 0 Å². The van der Waals surface area contributed by atoms with Gasteiger partial charge in [-0.3, -0.25) is 14.4 Å². The normalized spacial score (nSPS) is 47.4. The molecule has 0 aromatic carbocycles. The number of carbonyl (C=O) groups excluding carboxylic acids is 3. The monoisotopic (exact) mass is 946 g/mol. The molecule has 0 saturated heterocycles. The van der Waals surface area contributed by atoms with Crippen molar-refractivity contribution >= 4 is 76.7 Å². The summed E-state index contributed by atoms with van der Waals surface area (Å²) >= 11 is 10.5. The molecule has 0 aliphatic heterocycles. The minimum Gasteiger partial charge on any atom is -0.468 e. The van der Waals surface area contributed by atoms with Crippen LogP contribution >= 0.6 is 58.8 Å². The van der Waals surface area contributed by atoms with Gasteiger partial charge in [-0.25, -0.2) is 0 Å². The standard InChI is InChI=1S/C53H54O6S5/c1-6-60-49-34-21-8-9-22-24-11-13-26-28-15-17-30-29-16-14-27-25-12-10-23(21)36(49)38(25)51(62-18-31(54)57-3)40(27)42(29)53(64-20-33(56)59-5)43(30)41(28)52(63-19-32(55)58-4)39(26)37(24)50(35(22)34,61-7-2)45-44(49)46(51)48(53)47(45)52/h10,21-22,24-30,47H,6-9,11-20H2,1-5H3/t21?,22?,24?,25?,26?,27?,28?,29?,30?,47-,49+,50-,51+,52-,53+/m0/s1. The van der Waals surface area contributed by atoms with Crippen molar-refractivity contribution in [3.8, 4) is 0 Å². The zero-order valence-electron chi connectivity index (χ0n) is 37.2. The number of rotatable bonds is 13. The highest BCUT2D eigenvalue weighted by molar-refractivity contribution is 8.03. The van der Waals surface area contributed by atoms with Crippen LogP contribution in [0.15, 0.2) is 89.7 Å². The third-order valence-electron chi connectivity index (χ3n) is 20.8. The number of methoxy groups -OCH3 is 3. The van der Waals surface area contributed by atoms with E-state index >= 15 is 0 Å². The molecule has 0 amide bonds. The van der Waals surface area contributed by atoms with Crippen molar-refractivity contribution in [3.63, 3.8) is 0 Å². The van der Waals surface area contributed by atoms with E-state index in [9.17, 15) is 14.4 Å². The zero-order valence-corrected chi connectivity index (χ0v) is 41.3. The maximum atomic E-state index is 13.9. The number of esters is 3. The lowest BCUT2D eigenvalue weighted by Gasteiger charge is -2.61. The molecule has 15 atom stereocenters. The van der Waals surface area contributed by atoms with Gasteiger partial charge in [0.2, 0.25) is 0 Å². The summed E-state index contributed by atoms with van der Waals surface area (Å²) in [6, 6.07) is 0. The van der Waals surface area contributed by atoms with E-state index in [2.05, 4.69) is 43.4 Å². The van der Waals surface area contributed by atoms with E-state index in [0.29, 0.717) is 70.5 Å². The third kappa shape index (κ3) is 3.49. The Hall–Kier alpha value is -1.92. The molecule has 6 nitrogen and oxygen atoms in total. The van der Waals surface area contributed by atoms with Crippen LogP contribution in [-0.2, 0) is 28.6 Å². The van der Waals surface area contributed by atoms with Gasteiger partial charge < -0.3 is 14.2 Å². The van der Waals surface area contributed by atoms with Crippen LogP contribution in [0, 0.1) is 59.2 Å². The van der Waals surface area contributed by atoms with E-state index < -0.39 is 9.49 Å². The molecule has 9 unspecified atom stereocenters. The van der Waals surface area contributed by atoms with Crippen molar-refractivity contribution in [1.82, 2.24) is 0 Å². The van der Waals surface area contributed by atoms with Gasteiger partial charge in [-0.05, 0) is 200 Å². The number of thioether (sulfide) groups is 5. The van der Waals surface area contributed by atoms with E-state index in [1.165, 1.54) is 51.4 Å². The summed E-state index contributed by atoms with van der Waals surface area (Å²) in [6.07, 6.45) is 13.7. The first-order chi connectivity index (χ1) is 31.2. The zero-order chi connectivity index (χ0) is 42.9. The number of fused-ring (bicyclic) bond motifs is 5. The second-order valence-corrected chi connectivity index (χ2v) is 28.2. The molecule has 0 aromatic rings. The van der Waals surface area contributed by atoms with Crippen LogP contribution in [0.25, 0.3) is 0 Å². The molecule has 16 aliphatic rings. The molecule has 5 saturated carbocycles. The highest BCUT2D eigenvalue weighted by Crippen LogP contribution is 2.93. The van der Waals surface area contributed by atoms with Crippen LogP contribution in [0.2, 0.25) is 0 Å². The Labute approximate surface area is 397 Å². The van der Waals surface area contributed by atoms with Gasteiger partial charge >= 0.3 is 17.9 Å². The number of ether oxygens (including phenoxy) is 3. The van der Waals surface area contributed by atoms with Crippen molar-refractivity contribution in [1.29, 1.82) is 0 Å². The average molecular weight is 947 g/mol. The molecule has 0 N–H and O–H groups in total. The molecule has 0 bridgehead atoms. The average Bonchev–Trinajstić information content (AvgIpc) is 4.12. The lowest BCUT2D eigenvalue weighted by Crippen LogP contribution is -2.58. The first-order valence-corrected chi connectivity index (χ1v) is 29.5. The van der Waals surface area contributed by atoms with Crippen molar-refractivity contribution in [2.24, 2.45) is 59.2 Å². The minimum absolute atomic E-state index is 0.0820. The summed E-state index contributed by atoms with van der Waals surface area (Å²) in [5.41, 5.74) is 25.7. The fraction of sp³-hybridized carbons (Fsp3) is 0.642. The molecule has 0 aromatic heterocycles. The Morgan fingerprint density at radius 1 is 0.469 bits per heavy atom.